The van der Waals surface area contributed by atoms with E-state index in [-0.39, 0.29) is 5.56 Å². The Bertz CT molecular complexity index is 455. The van der Waals surface area contributed by atoms with Crippen LogP contribution in [-0.4, -0.2) is 15.2 Å². The van der Waals surface area contributed by atoms with Gasteiger partial charge in [-0.1, -0.05) is 0 Å². The van der Waals surface area contributed by atoms with Crippen LogP contribution in [0.25, 0.3) is 11.3 Å². The fourth-order valence-corrected chi connectivity index (χ4v) is 1.23. The number of hydrogen-bond acceptors (Lipinski definition) is 2. The fraction of sp³-hybridized carbons (Fsp3) is 0.111. The topological polar surface area (TPSA) is 61.5 Å². The van der Waals surface area contributed by atoms with E-state index in [1.54, 1.807) is 19.3 Å². The van der Waals surface area contributed by atoms with Crippen molar-refractivity contribution in [1.29, 1.82) is 0 Å². The van der Waals surface area contributed by atoms with Gasteiger partial charge in [0.15, 0.2) is 0 Å². The van der Waals surface area contributed by atoms with Crippen LogP contribution in [0.2, 0.25) is 0 Å². The quantitative estimate of drug-likeness (QED) is 0.681. The van der Waals surface area contributed by atoms with Crippen LogP contribution in [0, 0.1) is 6.92 Å². The Morgan fingerprint density at radius 2 is 1.92 bits per heavy atom. The van der Waals surface area contributed by atoms with Crippen molar-refractivity contribution < 1.29 is 0 Å². The molecular formula is C9H9N3O. The van der Waals surface area contributed by atoms with Crippen LogP contribution in [0.1, 0.15) is 5.56 Å². The molecule has 13 heavy (non-hydrogen) atoms. The smallest absolute Gasteiger partial charge is 0.267 e. The first-order valence-corrected chi connectivity index (χ1v) is 3.96. The summed E-state index contributed by atoms with van der Waals surface area (Å²) >= 11 is 0. The van der Waals surface area contributed by atoms with E-state index in [9.17, 15) is 4.79 Å². The molecule has 0 atom stereocenters. The number of hydrogen-bond donors (Lipinski definition) is 2. The molecule has 4 nitrogen and oxygen atoms in total. The minimum atomic E-state index is -0.0770. The van der Waals surface area contributed by atoms with E-state index in [1.165, 1.54) is 0 Å². The van der Waals surface area contributed by atoms with Crippen molar-refractivity contribution in [2.75, 3.05) is 0 Å². The number of rotatable bonds is 1. The Kier molecular flexibility index (Phi) is 1.73. The van der Waals surface area contributed by atoms with Crippen molar-refractivity contribution in [3.05, 3.63) is 40.4 Å². The maximum atomic E-state index is 11.1. The summed E-state index contributed by atoms with van der Waals surface area (Å²) in [4.78, 5) is 15.0. The average molecular weight is 175 g/mol. The Labute approximate surface area is 74.6 Å². The van der Waals surface area contributed by atoms with Gasteiger partial charge in [0, 0.05) is 23.5 Å². The summed E-state index contributed by atoms with van der Waals surface area (Å²) in [6.07, 6.45) is 3.39. The van der Waals surface area contributed by atoms with Crippen molar-refractivity contribution in [2.45, 2.75) is 6.92 Å². The van der Waals surface area contributed by atoms with Gasteiger partial charge in [-0.15, -0.1) is 0 Å². The van der Waals surface area contributed by atoms with E-state index < -0.39 is 0 Å². The van der Waals surface area contributed by atoms with Crippen LogP contribution < -0.4 is 5.56 Å². The second kappa shape index (κ2) is 2.90. The van der Waals surface area contributed by atoms with E-state index in [0.29, 0.717) is 5.56 Å². The first kappa shape index (κ1) is 7.79. The molecular weight excluding hydrogens is 166 g/mol. The number of nitrogens with one attached hydrogen (secondary N) is 2. The van der Waals surface area contributed by atoms with Crippen molar-refractivity contribution in [1.82, 2.24) is 15.2 Å². The molecule has 2 aromatic rings. The molecule has 2 heterocycles. The summed E-state index contributed by atoms with van der Waals surface area (Å²) in [5.41, 5.74) is 2.41. The van der Waals surface area contributed by atoms with Crippen LogP contribution in [0.3, 0.4) is 0 Å². The normalized spacial score (nSPS) is 10.2. The number of aromatic nitrogens is 3. The number of aromatic amines is 2. The molecule has 0 saturated heterocycles. The lowest BCUT2D eigenvalue weighted by molar-refractivity contribution is 1.06. The Balaban J connectivity index is 2.60. The van der Waals surface area contributed by atoms with Gasteiger partial charge in [0.25, 0.3) is 5.56 Å². The van der Waals surface area contributed by atoms with E-state index in [2.05, 4.69) is 15.2 Å². The SMILES string of the molecule is Cc1c(-c2ccncc2)[nH][nH]c1=O. The van der Waals surface area contributed by atoms with Gasteiger partial charge in [0.05, 0.1) is 5.69 Å². The van der Waals surface area contributed by atoms with Crippen LogP contribution in [-0.2, 0) is 0 Å². The van der Waals surface area contributed by atoms with Gasteiger partial charge < -0.3 is 0 Å². The lowest BCUT2D eigenvalue weighted by atomic mass is 10.1. The number of nitrogens with zero attached hydrogens (tertiary/aromatic N) is 1. The molecule has 0 saturated carbocycles. The maximum absolute atomic E-state index is 11.1. The van der Waals surface area contributed by atoms with Crippen LogP contribution in [0.5, 0.6) is 0 Å². The van der Waals surface area contributed by atoms with Gasteiger partial charge in [0.1, 0.15) is 0 Å². The second-order valence-electron chi connectivity index (χ2n) is 2.82. The highest BCUT2D eigenvalue weighted by molar-refractivity contribution is 5.61. The van der Waals surface area contributed by atoms with Gasteiger partial charge in [-0.3, -0.25) is 20.0 Å². The van der Waals surface area contributed by atoms with Gasteiger partial charge in [-0.25, -0.2) is 0 Å². The number of pyridine rings is 1. The lowest BCUT2D eigenvalue weighted by Gasteiger charge is -1.96. The summed E-state index contributed by atoms with van der Waals surface area (Å²) in [5, 5.41) is 5.36. The molecule has 0 aliphatic carbocycles. The highest BCUT2D eigenvalue weighted by Gasteiger charge is 2.05. The van der Waals surface area contributed by atoms with Crippen molar-refractivity contribution in [2.24, 2.45) is 0 Å². The zero-order chi connectivity index (χ0) is 9.26. The van der Waals surface area contributed by atoms with E-state index in [0.717, 1.165) is 11.3 Å². The molecule has 0 fully saturated rings. The van der Waals surface area contributed by atoms with Crippen molar-refractivity contribution >= 4 is 0 Å². The zero-order valence-electron chi connectivity index (χ0n) is 7.16. The van der Waals surface area contributed by atoms with E-state index >= 15 is 0 Å². The third kappa shape index (κ3) is 1.26. The molecule has 0 aromatic carbocycles. The summed E-state index contributed by atoms with van der Waals surface area (Å²) in [6, 6.07) is 3.71. The van der Waals surface area contributed by atoms with Gasteiger partial charge in [0.2, 0.25) is 0 Å². The highest BCUT2D eigenvalue weighted by Crippen LogP contribution is 2.15. The third-order valence-electron chi connectivity index (χ3n) is 1.99. The Morgan fingerprint density at radius 3 is 2.46 bits per heavy atom. The Morgan fingerprint density at radius 1 is 1.23 bits per heavy atom. The first-order valence-electron chi connectivity index (χ1n) is 3.96. The molecule has 0 bridgehead atoms. The van der Waals surface area contributed by atoms with Crippen LogP contribution in [0.4, 0.5) is 0 Å². The predicted octanol–water partition coefficient (Wildman–Crippen LogP) is 1.07. The van der Waals surface area contributed by atoms with Gasteiger partial charge in [-0.2, -0.15) is 0 Å². The summed E-state index contributed by atoms with van der Waals surface area (Å²) in [6.45, 7) is 1.78. The second-order valence-corrected chi connectivity index (χ2v) is 2.82. The lowest BCUT2D eigenvalue weighted by Crippen LogP contribution is -2.00. The molecule has 0 aliphatic heterocycles. The zero-order valence-corrected chi connectivity index (χ0v) is 7.16. The molecule has 0 aliphatic rings. The Hall–Kier alpha value is -1.84. The first-order chi connectivity index (χ1) is 6.29. The average Bonchev–Trinajstić information content (AvgIpc) is 2.49. The van der Waals surface area contributed by atoms with Crippen LogP contribution >= 0.6 is 0 Å². The van der Waals surface area contributed by atoms with Crippen molar-refractivity contribution in [3.63, 3.8) is 0 Å². The standard InChI is InChI=1S/C9H9N3O/c1-6-8(11-12-9(6)13)7-2-4-10-5-3-7/h2-5H,1H3,(H2,11,12,13). The van der Waals surface area contributed by atoms with E-state index in [4.69, 9.17) is 0 Å². The molecule has 0 spiro atoms. The molecule has 4 heteroatoms. The molecule has 0 unspecified atom stereocenters. The maximum Gasteiger partial charge on any atom is 0.267 e. The summed E-state index contributed by atoms with van der Waals surface area (Å²) in [5.74, 6) is 0. The van der Waals surface area contributed by atoms with Gasteiger partial charge in [-0.05, 0) is 19.1 Å². The molecule has 0 amide bonds. The van der Waals surface area contributed by atoms with E-state index in [1.807, 2.05) is 12.1 Å². The van der Waals surface area contributed by atoms with Crippen molar-refractivity contribution in [3.8, 4) is 11.3 Å². The molecule has 66 valence electrons. The number of H-pyrrole nitrogens is 2. The molecule has 2 aromatic heterocycles. The fourth-order valence-electron chi connectivity index (χ4n) is 1.23. The largest absolute Gasteiger partial charge is 0.297 e. The summed E-state index contributed by atoms with van der Waals surface area (Å²) in [7, 11) is 0. The van der Waals surface area contributed by atoms with Gasteiger partial charge >= 0.3 is 0 Å². The molecule has 2 N–H and O–H groups in total. The minimum absolute atomic E-state index is 0.0770. The van der Waals surface area contributed by atoms with Crippen LogP contribution in [0.15, 0.2) is 29.3 Å². The monoisotopic (exact) mass is 175 g/mol. The summed E-state index contributed by atoms with van der Waals surface area (Å²) < 4.78 is 0. The highest BCUT2D eigenvalue weighted by atomic mass is 16.1. The predicted molar refractivity (Wildman–Crippen MR) is 49.4 cm³/mol. The third-order valence-corrected chi connectivity index (χ3v) is 1.99. The molecule has 2 rings (SSSR count). The minimum Gasteiger partial charge on any atom is -0.297 e. The molecule has 0 radical (unpaired) electrons.